The van der Waals surface area contributed by atoms with Crippen LogP contribution in [-0.2, 0) is 314 Å². The van der Waals surface area contributed by atoms with E-state index in [2.05, 4.69) is 190 Å². The third-order valence-corrected chi connectivity index (χ3v) is 82.0. The van der Waals surface area contributed by atoms with Gasteiger partial charge in [0.2, 0.25) is 0 Å². The molecule has 0 aliphatic rings. The van der Waals surface area contributed by atoms with Gasteiger partial charge in [-0.1, -0.05) is 83.0 Å². The minimum Gasteiger partial charge on any atom is -0.794 e. The maximum atomic E-state index is 5.42. The Bertz CT molecular complexity index is 1220. The molecule has 0 spiro atoms. The van der Waals surface area contributed by atoms with Crippen molar-refractivity contribution in [3.8, 4) is 0 Å². The van der Waals surface area contributed by atoms with Crippen LogP contribution in [0.5, 0.6) is 0 Å². The molecule has 0 aliphatic heterocycles. The minimum absolute atomic E-state index is 0. The Morgan fingerprint density at radius 3 is 0.411 bits per heavy atom. The fraction of sp³-hybridized carbons (Fsp3) is 1.00. The molecule has 0 heterocycles. The summed E-state index contributed by atoms with van der Waals surface area (Å²) in [4.78, 5) is 0. The molecule has 0 saturated carbocycles. The Balaban J connectivity index is -0.0000000127. The van der Waals surface area contributed by atoms with E-state index in [1.54, 1.807) is 22.8 Å². The van der Waals surface area contributed by atoms with Gasteiger partial charge in [0.05, 0.1) is 0 Å². The summed E-state index contributed by atoms with van der Waals surface area (Å²) in [6.07, 6.45) is 3.87. The van der Waals surface area contributed by atoms with Gasteiger partial charge in [-0.25, -0.2) is 14.6 Å². The SMILES string of the molecule is C.C.C.CSP(=S)([S-])SSP(=S)([S-])SSP(=S)([S-])SC.II.II.I[IH+].S=P([S-])([S-])SSP(=S)([S-])[S-].S=P([S-])([S-])SSP(=S)([S-])[S-].S=P([S-])([S-])[S-].S=P([S-])([S-])[S-].[Li+].[Li+].[Li+].[Li+].[Li+].[Li+].[Li+].[Li+].[Li+].[Li+].[Li+].[Li+].[Li+].[Li+].[Li+].[Li+].[Li+]. The standard InChI is InChI=1S/C2H9P3S12.3CH4.HI2.2I2.17Li.2H4P2S8.2H3PS4/c1-12-3(6,7)14-16-5(10,11)17-15-4(8,9)13-2;;;;3*1-2;;;;;;;;;;;;;;;;;;2*3-1(4,5)9-10-2(6,7)8;2*2-1(3,4)5/h1-2H3,(H,6,7)(H,8,9)(H,10,11);3*1H4;1H;;;;;;;;;;;;;;;;;;;;2*(H2,3,4,5)(H2,6,7,8);2*(H3,2,3,4,5)/q;;;;+1;;;17*+1;;;;/p-17. The normalized spacial score (nSPS) is 10.8. The van der Waals surface area contributed by atoms with Crippen LogP contribution in [0.25, 0.3) is 0 Å². The van der Waals surface area contributed by atoms with Crippen LogP contribution in [0.1, 0.15) is 22.3 Å². The van der Waals surface area contributed by atoms with Crippen molar-refractivity contribution in [3.63, 3.8) is 0 Å². The first kappa shape index (κ1) is 190. The molecule has 0 aliphatic carbocycles. The van der Waals surface area contributed by atoms with Gasteiger partial charge in [0.25, 0.3) is 18.6 Å². The number of rotatable bonds is 14. The second-order valence-electron chi connectivity index (χ2n) is 4.99. The second-order valence-corrected chi connectivity index (χ2v) is 128. The van der Waals surface area contributed by atoms with Gasteiger partial charge in [0, 0.05) is 74.5 Å². The average molecular weight is 2390 g/mol. The van der Waals surface area contributed by atoms with Crippen molar-refractivity contribution in [1.29, 1.82) is 0 Å². The van der Waals surface area contributed by atoms with Gasteiger partial charge < -0.3 is 216 Å². The monoisotopic (exact) mass is 2390 g/mol. The van der Waals surface area contributed by atoms with E-state index in [1.807, 2.05) is 31.1 Å². The van der Waals surface area contributed by atoms with E-state index >= 15 is 0 Å². The molecule has 0 rings (SSSR count). The Morgan fingerprint density at radius 1 is 0.260 bits per heavy atom. The summed E-state index contributed by atoms with van der Waals surface area (Å²) in [6.45, 7) is 0. The summed E-state index contributed by atoms with van der Waals surface area (Å²) in [5.74, 6) is 0. The Kier molecular flexibility index (Phi) is 307. The van der Waals surface area contributed by atoms with Crippen LogP contribution < -0.4 is 339 Å². The van der Waals surface area contributed by atoms with Gasteiger partial charge >= 0.3 is 339 Å². The fourth-order valence-corrected chi connectivity index (χ4v) is 87.3. The Labute approximate surface area is 895 Å². The van der Waals surface area contributed by atoms with E-state index in [9.17, 15) is 0 Å². The Morgan fingerprint density at radius 2 is 0.342 bits per heavy atom. The molecule has 0 fully saturated rings. The molecular weight excluding hydrogens is 2370 g/mol. The molecule has 0 amide bonds. The summed E-state index contributed by atoms with van der Waals surface area (Å²) in [5, 5.41) is 0. The molecule has 0 N–H and O–H groups in total. The van der Waals surface area contributed by atoms with Gasteiger partial charge in [0.1, 0.15) is 0 Å². The van der Waals surface area contributed by atoms with Crippen LogP contribution in [0, 0.1) is 0 Å². The van der Waals surface area contributed by atoms with Crippen LogP contribution in [0.3, 0.4) is 0 Å². The average Bonchev–Trinajstić information content (AvgIpc) is 2.94. The zero-order valence-corrected chi connectivity index (χ0v) is 90.6. The van der Waals surface area contributed by atoms with Crippen LogP contribution >= 0.6 is 232 Å². The molecule has 0 bridgehead atoms. The molecule has 0 aromatic rings. The van der Waals surface area contributed by atoms with Crippen LogP contribution in [-0.4, -0.2) is 12.5 Å². The van der Waals surface area contributed by atoms with E-state index in [0.29, 0.717) is 0 Å². The summed E-state index contributed by atoms with van der Waals surface area (Å²) in [6, 6.07) is 0. The van der Waals surface area contributed by atoms with Crippen LogP contribution in [0.15, 0.2) is 0 Å². The molecule has 0 nitrogen and oxygen atoms in total. The van der Waals surface area contributed by atoms with Crippen molar-refractivity contribution in [2.24, 2.45) is 0 Å². The number of halogens is 6. The summed E-state index contributed by atoms with van der Waals surface area (Å²) in [5.41, 5.74) is 0. The predicted octanol–water partition coefficient (Wildman–Crippen LogP) is -33.4. The van der Waals surface area contributed by atoms with Crippen molar-refractivity contribution in [2.75, 3.05) is 12.5 Å². The van der Waals surface area contributed by atoms with Crippen molar-refractivity contribution < 1.29 is 339 Å². The van der Waals surface area contributed by atoms with E-state index in [-0.39, 0.29) is 343 Å². The number of hydrogen-bond acceptors (Lipinski definition) is 36. The molecule has 0 saturated heterocycles. The summed E-state index contributed by atoms with van der Waals surface area (Å²) < 4.78 is -17.9. The van der Waals surface area contributed by atoms with E-state index in [4.69, 9.17) is 217 Å². The maximum Gasteiger partial charge on any atom is 1.00 e. The molecule has 358 valence electrons. The third-order valence-electron chi connectivity index (χ3n) is 1.31. The van der Waals surface area contributed by atoms with Crippen molar-refractivity contribution in [3.05, 3.63) is 0 Å². The first-order chi connectivity index (χ1) is 22.9. The van der Waals surface area contributed by atoms with Crippen molar-refractivity contribution in [2.45, 2.75) is 22.3 Å². The first-order valence-corrected chi connectivity index (χ1v) is 87.4. The first-order valence-electron chi connectivity index (χ1n) is 8.50. The number of hydrogen-bond donors (Lipinski definition) is 0. The largest absolute Gasteiger partial charge is 1.00 e. The smallest absolute Gasteiger partial charge is 0.794 e. The molecule has 0 radical (unpaired) electrons. The molecule has 73 heavy (non-hydrogen) atoms. The Hall–Kier alpha value is 29.8. The van der Waals surface area contributed by atoms with Gasteiger partial charge in [-0.2, -0.15) is 23.6 Å². The predicted molar refractivity (Wildman–Crippen MR) is 433 cm³/mol. The molecule has 2 atom stereocenters. The maximum absolute atomic E-state index is 5.42. The third kappa shape index (κ3) is 249. The molecule has 0 aromatic carbocycles. The topological polar surface area (TPSA) is 0 Å². The van der Waals surface area contributed by atoms with Gasteiger partial charge in [-0.3, -0.25) is 0 Å². The fourth-order valence-electron chi connectivity index (χ4n) is 0.400. The second kappa shape index (κ2) is 118. The van der Waals surface area contributed by atoms with Crippen molar-refractivity contribution in [1.82, 2.24) is 0 Å². The van der Waals surface area contributed by atoms with E-state index in [1.165, 1.54) is 83.3 Å². The van der Waals surface area contributed by atoms with Gasteiger partial charge in [0.15, 0.2) is 0 Å². The zero-order chi connectivity index (χ0) is 45.6. The van der Waals surface area contributed by atoms with Gasteiger partial charge in [-0.05, 0) is 16.2 Å². The molecule has 2 unspecified atom stereocenters. The van der Waals surface area contributed by atoms with Crippen LogP contribution in [0.2, 0.25) is 0 Å². The quantitative estimate of drug-likeness (QED) is 0.0532. The molecular formula is C5H19I6Li17P9S36+. The zero-order valence-electron chi connectivity index (χ0n) is 40.0. The van der Waals surface area contributed by atoms with Crippen LogP contribution in [0.4, 0.5) is 0 Å². The minimum atomic E-state index is -2.06. The molecule has 0 aromatic heterocycles. The van der Waals surface area contributed by atoms with E-state index < -0.39 is 32.8 Å². The van der Waals surface area contributed by atoms with E-state index in [0.717, 1.165) is 0 Å². The molecule has 68 heteroatoms. The summed E-state index contributed by atoms with van der Waals surface area (Å²) in [7, 11) is 11.0. The summed E-state index contributed by atoms with van der Waals surface area (Å²) >= 11 is 141. The van der Waals surface area contributed by atoms with Gasteiger partial charge in [-0.15, -0.1) is 135 Å². The van der Waals surface area contributed by atoms with Crippen molar-refractivity contribution >= 4 is 546 Å².